The first-order chi connectivity index (χ1) is 6.68. The Hall–Kier alpha value is -0.850. The van der Waals surface area contributed by atoms with Gasteiger partial charge in [0.05, 0.1) is 0 Å². The summed E-state index contributed by atoms with van der Waals surface area (Å²) < 4.78 is 6.26. The van der Waals surface area contributed by atoms with Crippen molar-refractivity contribution in [2.24, 2.45) is 0 Å². The van der Waals surface area contributed by atoms with Crippen LogP contribution >= 0.6 is 19.8 Å². The molecule has 2 rings (SSSR count). The first-order valence-corrected chi connectivity index (χ1v) is 9.49. The van der Waals surface area contributed by atoms with Crippen molar-refractivity contribution in [1.29, 1.82) is 0 Å². The summed E-state index contributed by atoms with van der Waals surface area (Å²) in [5.74, 6) is 0.671. The molecule has 1 aliphatic rings. The van der Waals surface area contributed by atoms with Crippen molar-refractivity contribution in [3.8, 4) is 0 Å². The van der Waals surface area contributed by atoms with Gasteiger partial charge in [-0.05, 0) is 0 Å². The first-order valence-electron chi connectivity index (χ1n) is 4.10. The number of cyclic esters (lactones) is 1. The molecule has 0 aromatic carbocycles. The van der Waals surface area contributed by atoms with Gasteiger partial charge in [0.25, 0.3) is 0 Å². The van der Waals surface area contributed by atoms with E-state index in [1.54, 1.807) is 6.20 Å². The fourth-order valence-electron chi connectivity index (χ4n) is 1.34. The summed E-state index contributed by atoms with van der Waals surface area (Å²) in [6.07, 6.45) is 1.34. The summed E-state index contributed by atoms with van der Waals surface area (Å²) in [5, 5.41) is 2.61. The van der Waals surface area contributed by atoms with Crippen LogP contribution in [0.3, 0.4) is 0 Å². The number of alkyl halides is 2. The second-order valence-corrected chi connectivity index (χ2v) is 8.55. The Balaban J connectivity index is 2.46. The summed E-state index contributed by atoms with van der Waals surface area (Å²) >= 11 is -1.05. The van der Waals surface area contributed by atoms with E-state index in [-0.39, 0.29) is 0 Å². The Morgan fingerprint density at radius 3 is 3.07 bits per heavy atom. The van der Waals surface area contributed by atoms with Gasteiger partial charge in [0.1, 0.15) is 0 Å². The molecule has 2 heterocycles. The molecule has 1 aliphatic heterocycles. The second-order valence-electron chi connectivity index (χ2n) is 3.08. The van der Waals surface area contributed by atoms with Gasteiger partial charge in [-0.2, -0.15) is 0 Å². The van der Waals surface area contributed by atoms with Gasteiger partial charge >= 0.3 is 89.4 Å². The van der Waals surface area contributed by atoms with Gasteiger partial charge in [-0.1, -0.05) is 0 Å². The minimum atomic E-state index is -1.05. The zero-order valence-electron chi connectivity index (χ0n) is 8.00. The molecule has 1 N–H and O–H groups in total. The molecule has 1 amide bonds. The van der Waals surface area contributed by atoms with Crippen LogP contribution in [0, 0.1) is 3.57 Å². The standard InChI is InChI=1S/C9H11IN2O2/c1-10(2)7-3-4-11-8-6(7)5-14-9(13)12-8/h3-4H,5H2,1-2H3,(H,11,12,13). The number of amides is 1. The van der Waals surface area contributed by atoms with Gasteiger partial charge in [-0.15, -0.1) is 0 Å². The molecule has 0 spiro atoms. The minimum absolute atomic E-state index is 0.361. The van der Waals surface area contributed by atoms with Crippen molar-refractivity contribution in [3.05, 3.63) is 21.4 Å². The molecule has 4 nitrogen and oxygen atoms in total. The number of carbonyl (C=O) groups excluding carboxylic acids is 1. The topological polar surface area (TPSA) is 51.2 Å². The Bertz CT molecular complexity index is 379. The molecule has 5 heteroatoms. The molecule has 1 aromatic heterocycles. The molecule has 0 bridgehead atoms. The van der Waals surface area contributed by atoms with E-state index in [2.05, 4.69) is 20.2 Å². The Kier molecular flexibility index (Phi) is 2.58. The summed E-state index contributed by atoms with van der Waals surface area (Å²) in [4.78, 5) is 19.6. The molecule has 14 heavy (non-hydrogen) atoms. The predicted molar refractivity (Wildman–Crippen MR) is 62.6 cm³/mol. The second kappa shape index (κ2) is 3.72. The first kappa shape index (κ1) is 9.70. The molecule has 0 radical (unpaired) electrons. The van der Waals surface area contributed by atoms with Gasteiger partial charge in [-0.3, -0.25) is 0 Å². The number of anilines is 1. The van der Waals surface area contributed by atoms with Crippen molar-refractivity contribution in [2.45, 2.75) is 6.61 Å². The van der Waals surface area contributed by atoms with E-state index in [9.17, 15) is 4.79 Å². The molecule has 0 unspecified atom stereocenters. The van der Waals surface area contributed by atoms with E-state index >= 15 is 0 Å². The van der Waals surface area contributed by atoms with E-state index < -0.39 is 25.9 Å². The average Bonchev–Trinajstić information content (AvgIpc) is 2.16. The van der Waals surface area contributed by atoms with Gasteiger partial charge in [0.2, 0.25) is 0 Å². The number of pyridine rings is 1. The molecular formula is C9H11IN2O2. The number of ether oxygens (including phenoxy) is 1. The number of nitrogens with zero attached hydrogens (tertiary/aromatic N) is 1. The quantitative estimate of drug-likeness (QED) is 0.638. The normalized spacial score (nSPS) is 15.3. The van der Waals surface area contributed by atoms with Crippen LogP contribution in [0.1, 0.15) is 5.56 Å². The van der Waals surface area contributed by atoms with Crippen molar-refractivity contribution in [2.75, 3.05) is 15.2 Å². The summed E-state index contributed by atoms with van der Waals surface area (Å²) in [5.41, 5.74) is 1.06. The third-order valence-corrected chi connectivity index (χ3v) is 5.31. The van der Waals surface area contributed by atoms with Crippen LogP contribution < -0.4 is 5.32 Å². The Morgan fingerprint density at radius 1 is 1.57 bits per heavy atom. The van der Waals surface area contributed by atoms with Gasteiger partial charge in [0.15, 0.2) is 0 Å². The molecule has 0 atom stereocenters. The maximum absolute atomic E-state index is 10.9. The number of hydrogen-bond acceptors (Lipinski definition) is 3. The van der Waals surface area contributed by atoms with E-state index in [0.717, 1.165) is 5.56 Å². The number of fused-ring (bicyclic) bond motifs is 1. The van der Waals surface area contributed by atoms with Crippen LogP contribution in [0.5, 0.6) is 0 Å². The van der Waals surface area contributed by atoms with Crippen LogP contribution in [-0.4, -0.2) is 20.9 Å². The van der Waals surface area contributed by atoms with Crippen LogP contribution in [0.4, 0.5) is 10.6 Å². The molecular weight excluding hydrogens is 295 g/mol. The molecule has 0 saturated heterocycles. The number of carbonyl (C=O) groups is 1. The monoisotopic (exact) mass is 306 g/mol. The average molecular weight is 306 g/mol. The van der Waals surface area contributed by atoms with E-state index in [1.807, 2.05) is 6.07 Å². The van der Waals surface area contributed by atoms with Crippen molar-refractivity contribution >= 4 is 31.7 Å². The van der Waals surface area contributed by atoms with Crippen molar-refractivity contribution < 1.29 is 9.53 Å². The number of aromatic nitrogens is 1. The van der Waals surface area contributed by atoms with Crippen molar-refractivity contribution in [3.63, 3.8) is 0 Å². The molecule has 76 valence electrons. The van der Waals surface area contributed by atoms with Gasteiger partial charge in [-0.25, -0.2) is 0 Å². The summed E-state index contributed by atoms with van der Waals surface area (Å²) in [7, 11) is 0. The summed E-state index contributed by atoms with van der Waals surface area (Å²) in [6, 6.07) is 2.03. The fourth-order valence-corrected chi connectivity index (χ4v) is 3.93. The van der Waals surface area contributed by atoms with Crippen LogP contribution in [-0.2, 0) is 11.3 Å². The van der Waals surface area contributed by atoms with Crippen LogP contribution in [0.2, 0.25) is 0 Å². The predicted octanol–water partition coefficient (Wildman–Crippen LogP) is 2.08. The third-order valence-electron chi connectivity index (χ3n) is 1.97. The summed E-state index contributed by atoms with van der Waals surface area (Å²) in [6.45, 7) is 0.361. The van der Waals surface area contributed by atoms with Crippen molar-refractivity contribution in [1.82, 2.24) is 4.98 Å². The number of rotatable bonds is 1. The number of nitrogens with one attached hydrogen (secondary N) is 1. The van der Waals surface area contributed by atoms with Gasteiger partial charge in [0, 0.05) is 0 Å². The molecule has 0 fully saturated rings. The third kappa shape index (κ3) is 1.68. The molecule has 1 aromatic rings. The fraction of sp³-hybridized carbons (Fsp3) is 0.333. The SMILES string of the molecule is CI(C)c1ccnc2c1COC(=O)N2. The van der Waals surface area contributed by atoms with E-state index in [4.69, 9.17) is 4.74 Å². The Morgan fingerprint density at radius 2 is 2.36 bits per heavy atom. The van der Waals surface area contributed by atoms with Gasteiger partial charge < -0.3 is 0 Å². The zero-order valence-corrected chi connectivity index (χ0v) is 10.2. The van der Waals surface area contributed by atoms with E-state index in [0.29, 0.717) is 12.4 Å². The molecule has 0 aliphatic carbocycles. The number of halogens is 1. The maximum atomic E-state index is 10.9. The number of hydrogen-bond donors (Lipinski definition) is 1. The van der Waals surface area contributed by atoms with Crippen LogP contribution in [0.15, 0.2) is 12.3 Å². The Labute approximate surface area is 89.4 Å². The zero-order chi connectivity index (χ0) is 10.1. The molecule has 0 saturated carbocycles. The van der Waals surface area contributed by atoms with Crippen LogP contribution in [0.25, 0.3) is 0 Å². The van der Waals surface area contributed by atoms with E-state index in [1.165, 1.54) is 3.57 Å².